The second-order valence-electron chi connectivity index (χ2n) is 10.2. The maximum Gasteiger partial charge on any atom is 0.243 e. The predicted molar refractivity (Wildman–Crippen MR) is 154 cm³/mol. The van der Waals surface area contributed by atoms with E-state index in [1.165, 1.54) is 4.31 Å². The van der Waals surface area contributed by atoms with E-state index < -0.39 is 10.0 Å². The molecule has 0 radical (unpaired) electrons. The largest absolute Gasteiger partial charge is 0.457 e. The van der Waals surface area contributed by atoms with Gasteiger partial charge in [0.2, 0.25) is 15.9 Å². The van der Waals surface area contributed by atoms with Crippen LogP contribution in [0.15, 0.2) is 78.0 Å². The Morgan fingerprint density at radius 2 is 1.68 bits per heavy atom. The normalized spacial score (nSPS) is 16.4. The van der Waals surface area contributed by atoms with Gasteiger partial charge in [0.15, 0.2) is 0 Å². The molecule has 214 valence electrons. The van der Waals surface area contributed by atoms with Crippen LogP contribution in [-0.2, 0) is 39.1 Å². The van der Waals surface area contributed by atoms with Crippen molar-refractivity contribution >= 4 is 26.8 Å². The third kappa shape index (κ3) is 5.98. The number of amides is 1. The number of nitrogens with one attached hydrogen (secondary N) is 1. The van der Waals surface area contributed by atoms with Crippen LogP contribution >= 0.6 is 0 Å². The first-order chi connectivity index (χ1) is 20.0. The van der Waals surface area contributed by atoms with Gasteiger partial charge < -0.3 is 19.4 Å². The van der Waals surface area contributed by atoms with Gasteiger partial charge >= 0.3 is 0 Å². The van der Waals surface area contributed by atoms with E-state index in [9.17, 15) is 13.2 Å². The second kappa shape index (κ2) is 12.0. The number of pyridine rings is 1. The van der Waals surface area contributed by atoms with Crippen LogP contribution < -0.4 is 10.1 Å². The lowest BCUT2D eigenvalue weighted by Gasteiger charge is -2.28. The zero-order valence-corrected chi connectivity index (χ0v) is 23.6. The molecule has 11 heteroatoms. The molecule has 4 heterocycles. The van der Waals surface area contributed by atoms with Gasteiger partial charge in [-0.3, -0.25) is 14.7 Å². The molecule has 1 amide bonds. The van der Waals surface area contributed by atoms with Crippen LogP contribution in [0.1, 0.15) is 11.3 Å². The summed E-state index contributed by atoms with van der Waals surface area (Å²) in [5, 5.41) is 4.11. The van der Waals surface area contributed by atoms with Crippen LogP contribution in [0.2, 0.25) is 0 Å². The number of carbonyl (C=O) groups is 1. The lowest BCUT2D eigenvalue weighted by molar-refractivity contribution is -0.121. The molecule has 10 nitrogen and oxygen atoms in total. The van der Waals surface area contributed by atoms with Gasteiger partial charge in [0.25, 0.3) is 0 Å². The average molecular weight is 576 g/mol. The van der Waals surface area contributed by atoms with Gasteiger partial charge in [0, 0.05) is 61.7 Å². The molecule has 4 aromatic rings. The molecule has 0 aliphatic carbocycles. The number of sulfonamides is 1. The quantitative estimate of drug-likeness (QED) is 0.327. The number of hydrogen-bond donors (Lipinski definition) is 1. The number of aromatic nitrogens is 2. The van der Waals surface area contributed by atoms with Gasteiger partial charge in [-0.2, -0.15) is 4.31 Å². The number of nitrogens with zero attached hydrogens (tertiary/aromatic N) is 4. The van der Waals surface area contributed by atoms with Crippen molar-refractivity contribution in [3.05, 3.63) is 84.3 Å². The van der Waals surface area contributed by atoms with Crippen LogP contribution in [-0.4, -0.2) is 79.0 Å². The highest BCUT2D eigenvalue weighted by Crippen LogP contribution is 2.33. The van der Waals surface area contributed by atoms with Crippen molar-refractivity contribution < 1.29 is 22.7 Å². The summed E-state index contributed by atoms with van der Waals surface area (Å²) in [6.07, 6.45) is 3.84. The van der Waals surface area contributed by atoms with Gasteiger partial charge in [0.1, 0.15) is 18.0 Å². The fraction of sp³-hybridized carbons (Fsp3) is 0.333. The Morgan fingerprint density at radius 1 is 0.951 bits per heavy atom. The standard InChI is InChI=1S/C30H33N5O5S/c36-30(32-14-16-33-17-19-39-20-18-33)22-35-28-4-2-1-3-26(28)27-11-15-34(21-29(27)35)41(37,38)25-7-5-23(6-8-25)40-24-9-12-31-13-10-24/h1-10,12-13H,11,14-22H2,(H,32,36). The number of morpholine rings is 1. The zero-order valence-electron chi connectivity index (χ0n) is 22.7. The number of ether oxygens (including phenoxy) is 2. The summed E-state index contributed by atoms with van der Waals surface area (Å²) >= 11 is 0. The molecular formula is C30H33N5O5S. The van der Waals surface area contributed by atoms with Gasteiger partial charge in [-0.15, -0.1) is 0 Å². The van der Waals surface area contributed by atoms with Crippen molar-refractivity contribution in [3.63, 3.8) is 0 Å². The minimum Gasteiger partial charge on any atom is -0.457 e. The smallest absolute Gasteiger partial charge is 0.243 e. The molecule has 2 aromatic carbocycles. The van der Waals surface area contributed by atoms with Gasteiger partial charge in [-0.1, -0.05) is 18.2 Å². The molecule has 1 fully saturated rings. The first kappa shape index (κ1) is 27.4. The van der Waals surface area contributed by atoms with Crippen LogP contribution in [0.4, 0.5) is 0 Å². The Hall–Kier alpha value is -3.77. The number of hydrogen-bond acceptors (Lipinski definition) is 7. The third-order valence-corrected chi connectivity index (χ3v) is 9.49. The van der Waals surface area contributed by atoms with E-state index in [0.29, 0.717) is 31.0 Å². The van der Waals surface area contributed by atoms with E-state index in [0.717, 1.165) is 55.0 Å². The van der Waals surface area contributed by atoms with Crippen molar-refractivity contribution in [2.24, 2.45) is 0 Å². The first-order valence-corrected chi connectivity index (χ1v) is 15.3. The summed E-state index contributed by atoms with van der Waals surface area (Å²) < 4.78 is 42.0. The predicted octanol–water partition coefficient (Wildman–Crippen LogP) is 3.02. The summed E-state index contributed by atoms with van der Waals surface area (Å²) in [5.41, 5.74) is 2.91. The molecule has 41 heavy (non-hydrogen) atoms. The molecule has 2 aromatic heterocycles. The molecule has 0 atom stereocenters. The van der Waals surface area contributed by atoms with Crippen molar-refractivity contribution in [1.82, 2.24) is 24.1 Å². The highest BCUT2D eigenvalue weighted by Gasteiger charge is 2.32. The Morgan fingerprint density at radius 3 is 2.46 bits per heavy atom. The topological polar surface area (TPSA) is 106 Å². The average Bonchev–Trinajstić information content (AvgIpc) is 3.31. The third-order valence-electron chi connectivity index (χ3n) is 7.63. The number of para-hydroxylation sites is 1. The monoisotopic (exact) mass is 575 g/mol. The molecular weight excluding hydrogens is 542 g/mol. The van der Waals surface area contributed by atoms with E-state index in [4.69, 9.17) is 9.47 Å². The van der Waals surface area contributed by atoms with Crippen molar-refractivity contribution in [2.45, 2.75) is 24.4 Å². The summed E-state index contributed by atoms with van der Waals surface area (Å²) in [6, 6.07) is 17.9. The first-order valence-electron chi connectivity index (χ1n) is 13.8. The fourth-order valence-electron chi connectivity index (χ4n) is 5.50. The number of benzene rings is 2. The number of carbonyl (C=O) groups excluding carboxylic acids is 1. The zero-order chi connectivity index (χ0) is 28.2. The van der Waals surface area contributed by atoms with Crippen LogP contribution in [0.3, 0.4) is 0 Å². The van der Waals surface area contributed by atoms with Crippen LogP contribution in [0, 0.1) is 0 Å². The Labute approximate surface area is 239 Å². The van der Waals surface area contributed by atoms with Crippen molar-refractivity contribution in [3.8, 4) is 11.5 Å². The van der Waals surface area contributed by atoms with Crippen LogP contribution in [0.25, 0.3) is 10.9 Å². The minimum absolute atomic E-state index is 0.0911. The molecule has 0 unspecified atom stereocenters. The lowest BCUT2D eigenvalue weighted by Crippen LogP contribution is -2.42. The molecule has 1 N–H and O–H groups in total. The van der Waals surface area contributed by atoms with Crippen molar-refractivity contribution in [2.75, 3.05) is 45.9 Å². The fourth-order valence-corrected chi connectivity index (χ4v) is 6.91. The summed E-state index contributed by atoms with van der Waals surface area (Å²) in [6.45, 7) is 5.21. The van der Waals surface area contributed by atoms with Gasteiger partial charge in [0.05, 0.1) is 24.7 Å². The Kier molecular flexibility index (Phi) is 8.02. The van der Waals surface area contributed by atoms with Gasteiger partial charge in [-0.25, -0.2) is 8.42 Å². The van der Waals surface area contributed by atoms with Crippen LogP contribution in [0.5, 0.6) is 11.5 Å². The minimum atomic E-state index is -3.77. The summed E-state index contributed by atoms with van der Waals surface area (Å²) in [7, 11) is -3.77. The Balaban J connectivity index is 1.18. The van der Waals surface area contributed by atoms with Gasteiger partial charge in [-0.05, 0) is 54.4 Å². The van der Waals surface area contributed by atoms with E-state index in [-0.39, 0.29) is 23.9 Å². The number of fused-ring (bicyclic) bond motifs is 3. The van der Waals surface area contributed by atoms with Crippen molar-refractivity contribution in [1.29, 1.82) is 0 Å². The molecule has 0 bridgehead atoms. The highest BCUT2D eigenvalue weighted by atomic mass is 32.2. The molecule has 0 spiro atoms. The summed E-state index contributed by atoms with van der Waals surface area (Å²) in [5.74, 6) is 1.07. The molecule has 0 saturated carbocycles. The highest BCUT2D eigenvalue weighted by molar-refractivity contribution is 7.89. The molecule has 2 aliphatic heterocycles. The van der Waals surface area contributed by atoms with E-state index in [1.54, 1.807) is 48.8 Å². The molecule has 6 rings (SSSR count). The maximum absolute atomic E-state index is 13.7. The van der Waals surface area contributed by atoms with E-state index in [2.05, 4.69) is 15.2 Å². The molecule has 1 saturated heterocycles. The second-order valence-corrected chi connectivity index (χ2v) is 12.1. The lowest BCUT2D eigenvalue weighted by atomic mass is 10.0. The summed E-state index contributed by atoms with van der Waals surface area (Å²) in [4.78, 5) is 19.5. The SMILES string of the molecule is O=C(Cn1c2c(c3ccccc31)CCN(S(=O)(=O)c1ccc(Oc3ccncc3)cc1)C2)NCCN1CCOCC1. The Bertz CT molecular complexity index is 1620. The number of rotatable bonds is 9. The van der Waals surface area contributed by atoms with E-state index in [1.807, 2.05) is 28.8 Å². The van der Waals surface area contributed by atoms with E-state index >= 15 is 0 Å². The maximum atomic E-state index is 13.7. The molecule has 2 aliphatic rings.